The zero-order chi connectivity index (χ0) is 11.7. The molecule has 1 atom stereocenters. The van der Waals surface area contributed by atoms with Crippen LogP contribution in [0.2, 0.25) is 0 Å². The number of hydrogen-bond donors (Lipinski definition) is 2. The molecule has 0 spiro atoms. The maximum atomic E-state index is 4.20. The molecule has 1 aromatic carbocycles. The highest BCUT2D eigenvalue weighted by Gasteiger charge is 2.22. The number of benzene rings is 1. The van der Waals surface area contributed by atoms with Gasteiger partial charge in [-0.3, -0.25) is 5.10 Å². The van der Waals surface area contributed by atoms with Crippen molar-refractivity contribution in [1.82, 2.24) is 15.5 Å². The molecule has 1 saturated heterocycles. The lowest BCUT2D eigenvalue weighted by Crippen LogP contribution is -2.14. The molecule has 1 aliphatic heterocycles. The van der Waals surface area contributed by atoms with Gasteiger partial charge < -0.3 is 5.32 Å². The summed E-state index contributed by atoms with van der Waals surface area (Å²) in [5.41, 5.74) is 3.59. The number of aromatic nitrogens is 2. The van der Waals surface area contributed by atoms with Crippen LogP contribution in [-0.2, 0) is 0 Å². The summed E-state index contributed by atoms with van der Waals surface area (Å²) in [4.78, 5) is 0. The molecule has 88 valence electrons. The Balaban J connectivity index is 2.04. The number of rotatable bonds is 2. The lowest BCUT2D eigenvalue weighted by atomic mass is 10.0. The Labute approximate surface area is 109 Å². The van der Waals surface area contributed by atoms with Crippen molar-refractivity contribution >= 4 is 15.9 Å². The van der Waals surface area contributed by atoms with E-state index in [9.17, 15) is 0 Å². The van der Waals surface area contributed by atoms with Gasteiger partial charge in [0.25, 0.3) is 0 Å². The van der Waals surface area contributed by atoms with E-state index in [1.807, 2.05) is 12.3 Å². The second-order valence-electron chi connectivity index (χ2n) is 4.33. The molecule has 1 aliphatic rings. The van der Waals surface area contributed by atoms with Crippen molar-refractivity contribution in [2.45, 2.75) is 18.9 Å². The zero-order valence-electron chi connectivity index (χ0n) is 9.41. The van der Waals surface area contributed by atoms with E-state index in [1.165, 1.54) is 29.7 Å². The molecule has 3 nitrogen and oxygen atoms in total. The predicted octanol–water partition coefficient (Wildman–Crippen LogP) is 3.26. The average molecular weight is 292 g/mol. The summed E-state index contributed by atoms with van der Waals surface area (Å²) in [6.45, 7) is 1.10. The van der Waals surface area contributed by atoms with Gasteiger partial charge in [-0.15, -0.1) is 0 Å². The molecule has 0 bridgehead atoms. The quantitative estimate of drug-likeness (QED) is 0.892. The van der Waals surface area contributed by atoms with Crippen LogP contribution < -0.4 is 5.32 Å². The molecule has 2 aromatic rings. The van der Waals surface area contributed by atoms with Gasteiger partial charge in [0, 0.05) is 16.1 Å². The fraction of sp³-hybridized carbons (Fsp3) is 0.308. The third-order valence-electron chi connectivity index (χ3n) is 3.24. The van der Waals surface area contributed by atoms with Crippen molar-refractivity contribution in [3.8, 4) is 11.1 Å². The fourth-order valence-electron chi connectivity index (χ4n) is 2.39. The number of aromatic amines is 1. The van der Waals surface area contributed by atoms with Crippen LogP contribution in [0.3, 0.4) is 0 Å². The molecular weight excluding hydrogens is 278 g/mol. The molecule has 0 amide bonds. The standard InChI is InChI=1S/C13H14BrN3/c14-11-5-2-1-4-9(11)10-8-16-17-13(10)12-6-3-7-15-12/h1-2,4-5,8,12,15H,3,6-7H2,(H,16,17). The highest BCUT2D eigenvalue weighted by Crippen LogP contribution is 2.34. The molecule has 2 heterocycles. The van der Waals surface area contributed by atoms with Crippen molar-refractivity contribution < 1.29 is 0 Å². The maximum absolute atomic E-state index is 4.20. The Bertz CT molecular complexity index is 515. The minimum atomic E-state index is 0.416. The van der Waals surface area contributed by atoms with Crippen molar-refractivity contribution in [1.29, 1.82) is 0 Å². The fourth-order valence-corrected chi connectivity index (χ4v) is 2.89. The van der Waals surface area contributed by atoms with Gasteiger partial charge in [0.15, 0.2) is 0 Å². The third kappa shape index (κ3) is 2.03. The first kappa shape index (κ1) is 11.0. The number of nitrogens with one attached hydrogen (secondary N) is 2. The molecule has 1 aromatic heterocycles. The monoisotopic (exact) mass is 291 g/mol. The number of hydrogen-bond acceptors (Lipinski definition) is 2. The number of nitrogens with zero attached hydrogens (tertiary/aromatic N) is 1. The van der Waals surface area contributed by atoms with E-state index in [1.54, 1.807) is 0 Å². The van der Waals surface area contributed by atoms with Gasteiger partial charge in [-0.1, -0.05) is 34.1 Å². The summed E-state index contributed by atoms with van der Waals surface area (Å²) >= 11 is 3.60. The number of H-pyrrole nitrogens is 1. The van der Waals surface area contributed by atoms with E-state index < -0.39 is 0 Å². The molecule has 0 saturated carbocycles. The van der Waals surface area contributed by atoms with E-state index >= 15 is 0 Å². The summed E-state index contributed by atoms with van der Waals surface area (Å²) in [5, 5.41) is 10.8. The van der Waals surface area contributed by atoms with Crippen LogP contribution >= 0.6 is 15.9 Å². The van der Waals surface area contributed by atoms with E-state index in [4.69, 9.17) is 0 Å². The van der Waals surface area contributed by atoms with Crippen molar-refractivity contribution in [2.75, 3.05) is 6.54 Å². The van der Waals surface area contributed by atoms with Gasteiger partial charge >= 0.3 is 0 Å². The van der Waals surface area contributed by atoms with Crippen LogP contribution in [-0.4, -0.2) is 16.7 Å². The van der Waals surface area contributed by atoms with E-state index in [-0.39, 0.29) is 0 Å². The highest BCUT2D eigenvalue weighted by atomic mass is 79.9. The molecule has 3 rings (SSSR count). The molecule has 1 fully saturated rings. The largest absolute Gasteiger partial charge is 0.309 e. The van der Waals surface area contributed by atoms with Gasteiger partial charge in [0.1, 0.15) is 0 Å². The summed E-state index contributed by atoms with van der Waals surface area (Å²) in [6.07, 6.45) is 4.33. The molecule has 4 heteroatoms. The van der Waals surface area contributed by atoms with Gasteiger partial charge in [-0.05, 0) is 31.0 Å². The van der Waals surface area contributed by atoms with Gasteiger partial charge in [0.05, 0.1) is 11.9 Å². The highest BCUT2D eigenvalue weighted by molar-refractivity contribution is 9.10. The Morgan fingerprint density at radius 2 is 2.12 bits per heavy atom. The van der Waals surface area contributed by atoms with Crippen LogP contribution in [0.5, 0.6) is 0 Å². The van der Waals surface area contributed by atoms with Crippen LogP contribution in [0.25, 0.3) is 11.1 Å². The summed E-state index contributed by atoms with van der Waals surface area (Å²) < 4.78 is 1.11. The number of halogens is 1. The molecule has 0 radical (unpaired) electrons. The van der Waals surface area contributed by atoms with Crippen molar-refractivity contribution in [2.24, 2.45) is 0 Å². The molecule has 1 unspecified atom stereocenters. The summed E-state index contributed by atoms with van der Waals surface area (Å²) in [7, 11) is 0. The Hall–Kier alpha value is -1.13. The average Bonchev–Trinajstić information content (AvgIpc) is 3.00. The van der Waals surface area contributed by atoms with Crippen LogP contribution in [0, 0.1) is 0 Å². The van der Waals surface area contributed by atoms with Gasteiger partial charge in [-0.2, -0.15) is 5.10 Å². The lowest BCUT2D eigenvalue weighted by Gasteiger charge is -2.11. The Kier molecular flexibility index (Phi) is 2.99. The SMILES string of the molecule is Brc1ccccc1-c1cn[nH]c1C1CCCN1. The topological polar surface area (TPSA) is 40.7 Å². The Morgan fingerprint density at radius 3 is 2.88 bits per heavy atom. The van der Waals surface area contributed by atoms with E-state index in [0.717, 1.165) is 11.0 Å². The first-order valence-corrected chi connectivity index (χ1v) is 6.67. The molecular formula is C13H14BrN3. The Morgan fingerprint density at radius 1 is 1.24 bits per heavy atom. The molecule has 0 aliphatic carbocycles. The molecule has 17 heavy (non-hydrogen) atoms. The van der Waals surface area contributed by atoms with Crippen LogP contribution in [0.4, 0.5) is 0 Å². The first-order chi connectivity index (χ1) is 8.36. The smallest absolute Gasteiger partial charge is 0.0600 e. The normalized spacial score (nSPS) is 19.7. The van der Waals surface area contributed by atoms with E-state index in [0.29, 0.717) is 6.04 Å². The second kappa shape index (κ2) is 4.63. The van der Waals surface area contributed by atoms with E-state index in [2.05, 4.69) is 49.6 Å². The van der Waals surface area contributed by atoms with Crippen molar-refractivity contribution in [3.63, 3.8) is 0 Å². The zero-order valence-corrected chi connectivity index (χ0v) is 11.0. The van der Waals surface area contributed by atoms with Crippen LogP contribution in [0.15, 0.2) is 34.9 Å². The van der Waals surface area contributed by atoms with Gasteiger partial charge in [0.2, 0.25) is 0 Å². The summed E-state index contributed by atoms with van der Waals surface area (Å²) in [5.74, 6) is 0. The second-order valence-corrected chi connectivity index (χ2v) is 5.18. The predicted molar refractivity (Wildman–Crippen MR) is 71.7 cm³/mol. The lowest BCUT2D eigenvalue weighted by molar-refractivity contribution is 0.626. The minimum Gasteiger partial charge on any atom is -0.309 e. The van der Waals surface area contributed by atoms with Gasteiger partial charge in [-0.25, -0.2) is 0 Å². The summed E-state index contributed by atoms with van der Waals surface area (Å²) in [6, 6.07) is 8.68. The first-order valence-electron chi connectivity index (χ1n) is 5.88. The minimum absolute atomic E-state index is 0.416. The van der Waals surface area contributed by atoms with Crippen LogP contribution in [0.1, 0.15) is 24.6 Å². The maximum Gasteiger partial charge on any atom is 0.0600 e. The third-order valence-corrected chi connectivity index (χ3v) is 3.93. The molecule has 2 N–H and O–H groups in total. The van der Waals surface area contributed by atoms with Crippen molar-refractivity contribution in [3.05, 3.63) is 40.6 Å².